The second-order valence-corrected chi connectivity index (χ2v) is 33.4. The monoisotopic (exact) mass is 1640 g/mol. The van der Waals surface area contributed by atoms with Crippen molar-refractivity contribution in [2.75, 3.05) is 101 Å². The number of nitrogens with one attached hydrogen (secondary N) is 5. The molecule has 0 spiro atoms. The molecular formula is C80H103N17O19S. The number of rotatable bonds is 41. The van der Waals surface area contributed by atoms with Gasteiger partial charge in [-0.25, -0.2) is 24.4 Å². The maximum absolute atomic E-state index is 14.6. The predicted molar refractivity (Wildman–Crippen MR) is 427 cm³/mol. The van der Waals surface area contributed by atoms with Crippen LogP contribution < -0.4 is 37.2 Å². The summed E-state index contributed by atoms with van der Waals surface area (Å²) in [6, 6.07) is 12.6. The number of fused-ring (bicyclic) bond motifs is 2. The first-order chi connectivity index (χ1) is 55.6. The zero-order chi connectivity index (χ0) is 84.3. The van der Waals surface area contributed by atoms with E-state index >= 15 is 0 Å². The van der Waals surface area contributed by atoms with Gasteiger partial charge < -0.3 is 86.8 Å². The number of hydrogen-bond acceptors (Lipinski definition) is 25. The Kier molecular flexibility index (Phi) is 27.7. The number of aliphatic hydroxyl groups excluding tert-OH is 2. The van der Waals surface area contributed by atoms with Gasteiger partial charge in [0.25, 0.3) is 11.8 Å². The summed E-state index contributed by atoms with van der Waals surface area (Å²) in [4.78, 5) is 158. The molecule has 6 heterocycles. The molecule has 6 aromatic rings. The van der Waals surface area contributed by atoms with Crippen LogP contribution in [0.5, 0.6) is 0 Å². The Bertz CT molecular complexity index is 4700. The molecule has 37 heteroatoms. The first-order valence-corrected chi connectivity index (χ1v) is 39.9. The lowest BCUT2D eigenvalue weighted by Gasteiger charge is -2.69. The van der Waals surface area contributed by atoms with Crippen LogP contribution in [-0.4, -0.2) is 250 Å². The van der Waals surface area contributed by atoms with E-state index in [2.05, 4.69) is 50.6 Å². The molecule has 12 N–H and O–H groups in total. The van der Waals surface area contributed by atoms with Gasteiger partial charge in [-0.15, -0.1) is 10.2 Å². The number of aliphatic hydroxyl groups is 2. The Hall–Kier alpha value is -11.1. The lowest BCUT2D eigenvalue weighted by atomic mass is 9.39. The fraction of sp³-hybridized carbons (Fsp3) is 0.525. The lowest BCUT2D eigenvalue weighted by molar-refractivity contribution is -0.248. The fourth-order valence-corrected chi connectivity index (χ4v) is 18.8. The minimum Gasteiger partial charge on any atom is -0.480 e. The number of imide groups is 1. The van der Waals surface area contributed by atoms with Crippen LogP contribution in [0, 0.1) is 36.0 Å². The van der Waals surface area contributed by atoms with Crippen LogP contribution >= 0.6 is 11.3 Å². The maximum atomic E-state index is 14.6. The topological polar surface area (TPSA) is 488 Å². The van der Waals surface area contributed by atoms with Gasteiger partial charge in [0.15, 0.2) is 22.5 Å². The fourth-order valence-electron chi connectivity index (χ4n) is 17.9. The molecule has 5 atom stereocenters. The van der Waals surface area contributed by atoms with Gasteiger partial charge in [-0.1, -0.05) is 57.2 Å². The number of aromatic nitrogens is 6. The van der Waals surface area contributed by atoms with Crippen LogP contribution in [-0.2, 0) is 78.7 Å². The number of anilines is 5. The average Bonchev–Trinajstić information content (AvgIpc) is 0.820. The van der Waals surface area contributed by atoms with E-state index in [-0.39, 0.29) is 111 Å². The summed E-state index contributed by atoms with van der Waals surface area (Å²) in [5, 5.41) is 79.5. The summed E-state index contributed by atoms with van der Waals surface area (Å²) in [6.07, 6.45) is 8.13. The Balaban J connectivity index is 0.772. The number of aliphatic carboxylic acids is 2. The molecule has 4 fully saturated rings. The van der Waals surface area contributed by atoms with E-state index in [1.54, 1.807) is 26.1 Å². The molecule has 9 amide bonds. The van der Waals surface area contributed by atoms with E-state index in [0.29, 0.717) is 58.8 Å². The molecule has 2 aromatic carbocycles. The molecule has 0 radical (unpaired) electrons. The molecule has 2 unspecified atom stereocenters. The number of carboxylic acids is 3. The van der Waals surface area contributed by atoms with Crippen LogP contribution in [0.4, 0.5) is 37.9 Å². The van der Waals surface area contributed by atoms with E-state index in [0.717, 1.165) is 93.9 Å². The van der Waals surface area contributed by atoms with Crippen molar-refractivity contribution in [2.24, 2.45) is 27.9 Å². The van der Waals surface area contributed by atoms with Crippen molar-refractivity contribution in [2.45, 2.75) is 162 Å². The number of hydrogen-bond donors (Lipinski definition) is 11. The molecule has 4 aliphatic carbocycles. The van der Waals surface area contributed by atoms with Crippen molar-refractivity contribution in [1.29, 1.82) is 0 Å². The summed E-state index contributed by atoms with van der Waals surface area (Å²) < 4.78 is 21.7. The first-order valence-electron chi connectivity index (χ1n) is 39.1. The van der Waals surface area contributed by atoms with Crippen LogP contribution in [0.15, 0.2) is 72.9 Å². The SMILES string of the molecule is Cc1c(Nc2nc3ccccc3s2)nnc2c1CCCN2c1ccc(-c2cnn(CC34CC5(C)CC(C)(C3)CC(OCCN(CC[C@H](O)CO)C(=O)OCc3ccc(NC(=O)[C@H](CCCNC(N)=O)NC(=O)[C@@H](NC(=O)CCOCCN6C(=O)C=CC6=O)C(C)C)cc3CN(C)C(=O)CN(CC(=O)O)CC(=O)O)(C5)C4)c2C)c(C(=O)O)n1. The number of nitrogens with zero attached hydrogens (tertiary/aromatic N) is 11. The molecule has 4 bridgehead atoms. The van der Waals surface area contributed by atoms with Gasteiger partial charge in [-0.2, -0.15) is 5.10 Å². The maximum Gasteiger partial charge on any atom is 0.410 e. The van der Waals surface area contributed by atoms with Gasteiger partial charge in [0.1, 0.15) is 24.5 Å². The Morgan fingerprint density at radius 1 is 0.795 bits per heavy atom. The van der Waals surface area contributed by atoms with Crippen molar-refractivity contribution in [3.63, 3.8) is 0 Å². The van der Waals surface area contributed by atoms with Crippen molar-refractivity contribution in [3.8, 4) is 11.1 Å². The second-order valence-electron chi connectivity index (χ2n) is 32.4. The van der Waals surface area contributed by atoms with Crippen LogP contribution in [0.25, 0.3) is 21.3 Å². The Labute approximate surface area is 679 Å². The number of aromatic carboxylic acids is 1. The van der Waals surface area contributed by atoms with E-state index < -0.39 is 128 Å². The number of pyridine rings is 1. The standard InChI is InChI=1S/C80H103N17O19S/c1-47(2)67(88-61(100)23-29-114-30-28-96-62(101)20-21-63(96)102)72(109)85-58(14-10-24-82-74(81)112)71(108)84-52-17-16-50(51(32-52)34-92(7)64(103)35-93(36-65(104)105)37-66(106)107)39-115-76(113)94(26-22-53(99)38-98)27-31-116-80-43-77(5)40-78(6,44-80)42-79(41-77,45-80)46-97-49(4)56(33-83-97)55-18-19-60(87-68(55)73(110)111)95-25-11-12-54-48(3)69(90-91-70(54)95)89-75-86-57-13-8-9-15-59(57)117-75/h8-9,13,15-21,32-33,47,53,58,67,98-99H,10-12,14,22-31,34-46H2,1-7H3,(H,84,108)(H,85,109)(H,88,100)(H,104,105)(H,106,107)(H,110,111)(H3,81,82,112)(H,86,89,90)/t53-,58-,67-,77?,78?,79?,80?/m0/s1. The minimum absolute atomic E-state index is 0.00658. The number of nitrogens with two attached hydrogens (primary N) is 1. The molecular weight excluding hydrogens is 1540 g/mol. The van der Waals surface area contributed by atoms with Gasteiger partial charge in [0.2, 0.25) is 23.6 Å². The van der Waals surface area contributed by atoms with Gasteiger partial charge in [0.05, 0.1) is 80.7 Å². The van der Waals surface area contributed by atoms with Crippen LogP contribution in [0.2, 0.25) is 0 Å². The molecule has 36 nitrogen and oxygen atoms in total. The number of primary amides is 1. The van der Waals surface area contributed by atoms with Gasteiger partial charge in [0, 0.05) is 98.5 Å². The highest BCUT2D eigenvalue weighted by molar-refractivity contribution is 7.22. The molecule has 628 valence electrons. The molecule has 12 rings (SSSR count). The summed E-state index contributed by atoms with van der Waals surface area (Å²) in [6.45, 7) is 9.18. The van der Waals surface area contributed by atoms with Gasteiger partial charge in [-0.3, -0.25) is 52.8 Å². The quantitative estimate of drug-likeness (QED) is 0.0160. The number of thiazole rings is 1. The third kappa shape index (κ3) is 21.8. The Morgan fingerprint density at radius 3 is 2.21 bits per heavy atom. The van der Waals surface area contributed by atoms with E-state index in [1.165, 1.54) is 46.4 Å². The van der Waals surface area contributed by atoms with Crippen molar-refractivity contribution in [3.05, 3.63) is 107 Å². The smallest absolute Gasteiger partial charge is 0.410 e. The zero-order valence-electron chi connectivity index (χ0n) is 66.7. The van der Waals surface area contributed by atoms with E-state index in [9.17, 15) is 78.3 Å². The number of carboxylic acid groups (broad SMARTS) is 3. The molecule has 117 heavy (non-hydrogen) atoms. The number of likely N-dealkylation sites (N-methyl/N-ethyl adjacent to an activating group) is 1. The number of benzene rings is 2. The number of carbonyl (C=O) groups excluding carboxylic acids is 8. The summed E-state index contributed by atoms with van der Waals surface area (Å²) in [7, 11) is 1.38. The molecule has 4 aromatic heterocycles. The first kappa shape index (κ1) is 86.7. The number of urea groups is 1. The van der Waals surface area contributed by atoms with Crippen molar-refractivity contribution >= 4 is 115 Å². The third-order valence-corrected chi connectivity index (χ3v) is 23.2. The summed E-state index contributed by atoms with van der Waals surface area (Å²) in [5.74, 6) is -6.62. The molecule has 2 aliphatic heterocycles. The summed E-state index contributed by atoms with van der Waals surface area (Å²) >= 11 is 1.52. The summed E-state index contributed by atoms with van der Waals surface area (Å²) in [5.41, 5.74) is 9.21. The third-order valence-electron chi connectivity index (χ3n) is 22.2. The highest BCUT2D eigenvalue weighted by atomic mass is 32.1. The largest absolute Gasteiger partial charge is 0.480 e. The number of para-hydroxylation sites is 1. The molecule has 6 aliphatic rings. The average molecular weight is 1640 g/mol. The van der Waals surface area contributed by atoms with Gasteiger partial charge >= 0.3 is 30.0 Å². The number of amides is 9. The van der Waals surface area contributed by atoms with Crippen molar-refractivity contribution in [1.82, 2.24) is 65.5 Å². The van der Waals surface area contributed by atoms with E-state index in [4.69, 9.17) is 35.0 Å². The molecule has 4 saturated carbocycles. The number of ether oxygens (including phenoxy) is 3. The van der Waals surface area contributed by atoms with Gasteiger partial charge in [-0.05, 0) is 154 Å². The van der Waals surface area contributed by atoms with Crippen LogP contribution in [0.1, 0.15) is 137 Å². The Morgan fingerprint density at radius 2 is 1.52 bits per heavy atom. The highest BCUT2D eigenvalue weighted by Gasteiger charge is 2.66. The minimum atomic E-state index is -1.38. The lowest BCUT2D eigenvalue weighted by Crippen LogP contribution is -2.64. The second kappa shape index (κ2) is 37.4. The highest BCUT2D eigenvalue weighted by Crippen LogP contribution is 2.72. The van der Waals surface area contributed by atoms with Crippen molar-refractivity contribution < 1.29 is 92.5 Å². The van der Waals surface area contributed by atoms with E-state index in [1.807, 2.05) is 53.8 Å². The zero-order valence-corrected chi connectivity index (χ0v) is 67.5. The normalized spacial score (nSPS) is 20.0. The molecule has 0 saturated heterocycles. The predicted octanol–water partition coefficient (Wildman–Crippen LogP) is 5.78. The number of carbonyl (C=O) groups is 11. The van der Waals surface area contributed by atoms with Crippen LogP contribution in [0.3, 0.4) is 0 Å².